The Hall–Kier alpha value is -4.01. The number of anilines is 2. The summed E-state index contributed by atoms with van der Waals surface area (Å²) in [4.78, 5) is 17.9. The van der Waals surface area contributed by atoms with Crippen molar-refractivity contribution in [2.24, 2.45) is 0 Å². The summed E-state index contributed by atoms with van der Waals surface area (Å²) in [6, 6.07) is 29.9. The Morgan fingerprint density at radius 2 is 1.53 bits per heavy atom. The first-order valence-electron chi connectivity index (χ1n) is 10.4. The first kappa shape index (κ1) is 21.8. The Bertz CT molecular complexity index is 1560. The smallest absolute Gasteiger partial charge is 0.261 e. The van der Waals surface area contributed by atoms with Gasteiger partial charge < -0.3 is 5.32 Å². The first-order valence-corrected chi connectivity index (χ1v) is 12.7. The third-order valence-electron chi connectivity index (χ3n) is 5.13. The maximum Gasteiger partial charge on any atom is 0.261 e. The van der Waals surface area contributed by atoms with Gasteiger partial charge in [-0.2, -0.15) is 0 Å². The van der Waals surface area contributed by atoms with Crippen LogP contribution in [0, 0.1) is 0 Å². The number of hydrogen-bond acceptors (Lipinski definition) is 5. The van der Waals surface area contributed by atoms with Gasteiger partial charge in [0.05, 0.1) is 26.4 Å². The minimum Gasteiger partial charge on any atom is -0.322 e. The van der Waals surface area contributed by atoms with Gasteiger partial charge in [0.15, 0.2) is 0 Å². The molecule has 0 atom stereocenters. The Morgan fingerprint density at radius 1 is 0.794 bits per heavy atom. The maximum absolute atomic E-state index is 13.1. The van der Waals surface area contributed by atoms with Gasteiger partial charge in [0.25, 0.3) is 15.9 Å². The molecule has 0 radical (unpaired) electrons. The Kier molecular flexibility index (Phi) is 5.83. The van der Waals surface area contributed by atoms with E-state index in [2.05, 4.69) is 15.0 Å². The van der Waals surface area contributed by atoms with Crippen molar-refractivity contribution in [3.8, 4) is 10.6 Å². The van der Waals surface area contributed by atoms with Crippen LogP contribution >= 0.6 is 11.3 Å². The lowest BCUT2D eigenvalue weighted by atomic mass is 10.1. The van der Waals surface area contributed by atoms with Crippen LogP contribution in [-0.2, 0) is 10.0 Å². The molecule has 1 heterocycles. The van der Waals surface area contributed by atoms with Gasteiger partial charge in [-0.05, 0) is 48.5 Å². The number of benzene rings is 4. The molecule has 0 saturated heterocycles. The molecule has 6 nitrogen and oxygen atoms in total. The highest BCUT2D eigenvalue weighted by molar-refractivity contribution is 7.92. The minimum absolute atomic E-state index is 0.119. The van der Waals surface area contributed by atoms with Gasteiger partial charge in [0.1, 0.15) is 5.01 Å². The van der Waals surface area contributed by atoms with Crippen LogP contribution in [0.4, 0.5) is 11.4 Å². The summed E-state index contributed by atoms with van der Waals surface area (Å²) in [5.74, 6) is -0.423. The second-order valence-corrected chi connectivity index (χ2v) is 10.2. The van der Waals surface area contributed by atoms with E-state index >= 15 is 0 Å². The van der Waals surface area contributed by atoms with E-state index in [9.17, 15) is 13.2 Å². The summed E-state index contributed by atoms with van der Waals surface area (Å²) in [6.45, 7) is 0. The number of para-hydroxylation sites is 2. The number of aromatic nitrogens is 1. The molecule has 1 amide bonds. The second-order valence-electron chi connectivity index (χ2n) is 7.49. The van der Waals surface area contributed by atoms with Crippen molar-refractivity contribution in [1.82, 2.24) is 4.98 Å². The van der Waals surface area contributed by atoms with Crippen LogP contribution in [0.1, 0.15) is 10.4 Å². The lowest BCUT2D eigenvalue weighted by Crippen LogP contribution is -2.18. The van der Waals surface area contributed by atoms with Gasteiger partial charge in [-0.25, -0.2) is 13.4 Å². The molecule has 0 spiro atoms. The molecule has 0 fully saturated rings. The van der Waals surface area contributed by atoms with Gasteiger partial charge in [0.2, 0.25) is 0 Å². The lowest BCUT2D eigenvalue weighted by Gasteiger charge is -2.13. The average molecular weight is 486 g/mol. The van der Waals surface area contributed by atoms with Crippen LogP contribution in [0.5, 0.6) is 0 Å². The lowest BCUT2D eigenvalue weighted by molar-refractivity contribution is 0.102. The summed E-state index contributed by atoms with van der Waals surface area (Å²) in [6.07, 6.45) is 0. The highest BCUT2D eigenvalue weighted by Gasteiger charge is 2.18. The van der Waals surface area contributed by atoms with E-state index in [0.29, 0.717) is 5.69 Å². The molecule has 8 heteroatoms. The first-order chi connectivity index (χ1) is 16.5. The number of nitrogens with one attached hydrogen (secondary N) is 2. The number of carbonyl (C=O) groups excluding carboxylic acids is 1. The maximum atomic E-state index is 13.1. The largest absolute Gasteiger partial charge is 0.322 e. The fourth-order valence-electron chi connectivity index (χ4n) is 3.50. The second kappa shape index (κ2) is 9.09. The number of nitrogens with zero attached hydrogens (tertiary/aromatic N) is 1. The molecule has 34 heavy (non-hydrogen) atoms. The van der Waals surface area contributed by atoms with Gasteiger partial charge in [-0.15, -0.1) is 11.3 Å². The molecular weight excluding hydrogens is 466 g/mol. The molecule has 0 aliphatic rings. The van der Waals surface area contributed by atoms with Crippen molar-refractivity contribution in [3.63, 3.8) is 0 Å². The van der Waals surface area contributed by atoms with Gasteiger partial charge in [0, 0.05) is 11.3 Å². The zero-order chi connectivity index (χ0) is 23.5. The Morgan fingerprint density at radius 3 is 2.35 bits per heavy atom. The van der Waals surface area contributed by atoms with Gasteiger partial charge in [-0.1, -0.05) is 54.6 Å². The van der Waals surface area contributed by atoms with E-state index in [1.165, 1.54) is 12.1 Å². The van der Waals surface area contributed by atoms with E-state index in [-0.39, 0.29) is 16.1 Å². The third kappa shape index (κ3) is 4.54. The van der Waals surface area contributed by atoms with Crippen LogP contribution < -0.4 is 10.0 Å². The number of thiazole rings is 1. The predicted octanol–water partition coefficient (Wildman–Crippen LogP) is 6.02. The number of rotatable bonds is 6. The topological polar surface area (TPSA) is 88.2 Å². The molecule has 4 aromatic carbocycles. The number of carbonyl (C=O) groups is 1. The molecule has 0 aliphatic heterocycles. The minimum atomic E-state index is -3.83. The van der Waals surface area contributed by atoms with Crippen molar-refractivity contribution in [3.05, 3.63) is 109 Å². The molecule has 1 aromatic heterocycles. The van der Waals surface area contributed by atoms with Gasteiger partial charge >= 0.3 is 0 Å². The summed E-state index contributed by atoms with van der Waals surface area (Å²) >= 11 is 1.58. The Labute approximate surface area is 201 Å². The molecule has 5 rings (SSSR count). The van der Waals surface area contributed by atoms with E-state index in [1.807, 2.05) is 42.5 Å². The average Bonchev–Trinajstić information content (AvgIpc) is 3.29. The van der Waals surface area contributed by atoms with E-state index < -0.39 is 15.9 Å². The van der Waals surface area contributed by atoms with E-state index in [1.54, 1.807) is 59.9 Å². The number of hydrogen-bond donors (Lipinski definition) is 2. The summed E-state index contributed by atoms with van der Waals surface area (Å²) < 4.78 is 29.1. The van der Waals surface area contributed by atoms with Crippen LogP contribution in [0.2, 0.25) is 0 Å². The highest BCUT2D eigenvalue weighted by atomic mass is 32.2. The molecule has 0 unspecified atom stereocenters. The summed E-state index contributed by atoms with van der Waals surface area (Å²) in [5, 5.41) is 3.73. The Balaban J connectivity index is 1.40. The van der Waals surface area contributed by atoms with Crippen LogP contribution in [0.3, 0.4) is 0 Å². The van der Waals surface area contributed by atoms with Crippen LogP contribution in [-0.4, -0.2) is 19.3 Å². The number of sulfonamides is 1. The van der Waals surface area contributed by atoms with Crippen molar-refractivity contribution >= 4 is 48.9 Å². The SMILES string of the molecule is O=C(Nc1cccc(-c2nc3ccccc3s2)c1)c1ccccc1NS(=O)(=O)c1ccccc1. The molecule has 0 saturated carbocycles. The van der Waals surface area contributed by atoms with Crippen LogP contribution in [0.25, 0.3) is 20.8 Å². The van der Waals surface area contributed by atoms with E-state index in [4.69, 9.17) is 0 Å². The zero-order valence-electron chi connectivity index (χ0n) is 17.8. The monoisotopic (exact) mass is 485 g/mol. The molecule has 2 N–H and O–H groups in total. The normalized spacial score (nSPS) is 11.3. The molecule has 0 bridgehead atoms. The molecule has 5 aromatic rings. The van der Waals surface area contributed by atoms with E-state index in [0.717, 1.165) is 20.8 Å². The quantitative estimate of drug-likeness (QED) is 0.308. The number of amides is 1. The van der Waals surface area contributed by atoms with Crippen molar-refractivity contribution in [2.75, 3.05) is 10.0 Å². The highest BCUT2D eigenvalue weighted by Crippen LogP contribution is 2.31. The standard InChI is InChI=1S/C26H19N3O3S2/c30-25(21-13-4-5-14-22(21)29-34(31,32)20-11-2-1-3-12-20)27-19-10-8-9-18(17-19)26-28-23-15-6-7-16-24(23)33-26/h1-17,29H,(H,27,30). The summed E-state index contributed by atoms with van der Waals surface area (Å²) in [7, 11) is -3.83. The third-order valence-corrected chi connectivity index (χ3v) is 7.60. The van der Waals surface area contributed by atoms with Crippen molar-refractivity contribution in [2.45, 2.75) is 4.90 Å². The fraction of sp³-hybridized carbons (Fsp3) is 0. The molecule has 0 aliphatic carbocycles. The molecule has 168 valence electrons. The van der Waals surface area contributed by atoms with Crippen molar-refractivity contribution in [1.29, 1.82) is 0 Å². The predicted molar refractivity (Wildman–Crippen MR) is 137 cm³/mol. The van der Waals surface area contributed by atoms with Gasteiger partial charge in [-0.3, -0.25) is 9.52 Å². The summed E-state index contributed by atoms with van der Waals surface area (Å²) in [5.41, 5.74) is 2.81. The van der Waals surface area contributed by atoms with Crippen molar-refractivity contribution < 1.29 is 13.2 Å². The fourth-order valence-corrected chi connectivity index (χ4v) is 5.56. The zero-order valence-corrected chi connectivity index (χ0v) is 19.4. The molecular formula is C26H19N3O3S2. The van der Waals surface area contributed by atoms with Crippen LogP contribution in [0.15, 0.2) is 108 Å². The number of fused-ring (bicyclic) bond motifs is 1.